The molecule has 4 heteroatoms. The number of carbonyl (C=O) groups is 1. The Balaban J connectivity index is 4.15. The topological polar surface area (TPSA) is 56.5 Å². The van der Waals surface area contributed by atoms with Crippen LogP contribution >= 0.6 is 0 Å². The smallest absolute Gasteiger partial charge is 0.246 e. The molecule has 4 nitrogen and oxygen atoms in total. The molecule has 0 spiro atoms. The van der Waals surface area contributed by atoms with Gasteiger partial charge < -0.3 is 0 Å². The van der Waals surface area contributed by atoms with Crippen LogP contribution in [-0.4, -0.2) is 17.5 Å². The Bertz CT molecular complexity index is 166. The van der Waals surface area contributed by atoms with E-state index in [0.717, 1.165) is 0 Å². The van der Waals surface area contributed by atoms with Crippen LogP contribution in [0.5, 0.6) is 0 Å². The van der Waals surface area contributed by atoms with Gasteiger partial charge in [0.2, 0.25) is 5.91 Å². The van der Waals surface area contributed by atoms with Crippen molar-refractivity contribution in [2.75, 3.05) is 6.54 Å². The van der Waals surface area contributed by atoms with Gasteiger partial charge in [-0.3, -0.25) is 4.79 Å². The van der Waals surface area contributed by atoms with Crippen LogP contribution in [0.2, 0.25) is 0 Å². The summed E-state index contributed by atoms with van der Waals surface area (Å²) < 4.78 is 0. The van der Waals surface area contributed by atoms with Crippen molar-refractivity contribution >= 4 is 5.91 Å². The first kappa shape index (κ1) is 11.1. The number of amides is 1. The zero-order valence-electron chi connectivity index (χ0n) is 8.16. The van der Waals surface area contributed by atoms with Gasteiger partial charge in [-0.1, -0.05) is 32.9 Å². The van der Waals surface area contributed by atoms with E-state index in [-0.39, 0.29) is 11.8 Å². The van der Waals surface area contributed by atoms with Crippen molar-refractivity contribution in [3.05, 3.63) is 0 Å². The fourth-order valence-corrected chi connectivity index (χ4v) is 0.824. The van der Waals surface area contributed by atoms with Crippen LogP contribution in [0.1, 0.15) is 27.7 Å². The number of hydrogen-bond donors (Lipinski definition) is 1. The summed E-state index contributed by atoms with van der Waals surface area (Å²) in [5, 5.41) is 4.40. The Morgan fingerprint density at radius 3 is 2.17 bits per heavy atom. The van der Waals surface area contributed by atoms with E-state index in [9.17, 15) is 4.79 Å². The Hall–Kier alpha value is -0.930. The minimum Gasteiger partial charge on any atom is -0.273 e. The summed E-state index contributed by atoms with van der Waals surface area (Å²) in [6.45, 7) is 8.12. The fraction of sp³-hybridized carbons (Fsp3) is 0.875. The zero-order chi connectivity index (χ0) is 9.72. The van der Waals surface area contributed by atoms with Crippen molar-refractivity contribution in [3.8, 4) is 0 Å². The SMILES string of the molecule is CC(C)CN(N=N)C(=O)C(C)C. The lowest BCUT2D eigenvalue weighted by atomic mass is 10.1. The molecule has 0 saturated heterocycles. The summed E-state index contributed by atoms with van der Waals surface area (Å²) in [5.41, 5.74) is 6.81. The van der Waals surface area contributed by atoms with Gasteiger partial charge in [0.1, 0.15) is 0 Å². The van der Waals surface area contributed by atoms with Crippen LogP contribution in [0.15, 0.2) is 5.22 Å². The molecule has 1 amide bonds. The highest BCUT2D eigenvalue weighted by molar-refractivity contribution is 5.77. The second-order valence-electron chi connectivity index (χ2n) is 3.57. The Labute approximate surface area is 73.4 Å². The summed E-state index contributed by atoms with van der Waals surface area (Å²) in [6.07, 6.45) is 0. The van der Waals surface area contributed by atoms with E-state index >= 15 is 0 Å². The van der Waals surface area contributed by atoms with Crippen LogP contribution in [0.4, 0.5) is 0 Å². The summed E-state index contributed by atoms with van der Waals surface area (Å²) in [4.78, 5) is 11.3. The molecule has 0 saturated carbocycles. The van der Waals surface area contributed by atoms with Crippen molar-refractivity contribution in [3.63, 3.8) is 0 Å². The highest BCUT2D eigenvalue weighted by Gasteiger charge is 2.16. The molecule has 0 aromatic rings. The van der Waals surface area contributed by atoms with Gasteiger partial charge in [0.05, 0.1) is 0 Å². The molecule has 0 atom stereocenters. The summed E-state index contributed by atoms with van der Waals surface area (Å²) in [6, 6.07) is 0. The third-order valence-electron chi connectivity index (χ3n) is 1.41. The number of nitrogens with zero attached hydrogens (tertiary/aromatic N) is 2. The standard InChI is InChI=1S/C8H17N3O/c1-6(2)5-11(10-9)8(12)7(3)4/h6-7,9H,5H2,1-4H3. The molecule has 0 aliphatic heterocycles. The van der Waals surface area contributed by atoms with E-state index in [4.69, 9.17) is 5.53 Å². The van der Waals surface area contributed by atoms with Gasteiger partial charge >= 0.3 is 0 Å². The maximum Gasteiger partial charge on any atom is 0.246 e. The summed E-state index contributed by atoms with van der Waals surface area (Å²) >= 11 is 0. The van der Waals surface area contributed by atoms with Crippen molar-refractivity contribution in [1.82, 2.24) is 5.01 Å². The van der Waals surface area contributed by atoms with Crippen LogP contribution < -0.4 is 0 Å². The van der Waals surface area contributed by atoms with E-state index in [0.29, 0.717) is 12.5 Å². The molecule has 0 rings (SSSR count). The van der Waals surface area contributed by atoms with E-state index in [2.05, 4.69) is 5.22 Å². The van der Waals surface area contributed by atoms with Gasteiger partial charge in [-0.15, -0.1) is 0 Å². The van der Waals surface area contributed by atoms with Crippen molar-refractivity contribution in [1.29, 1.82) is 5.53 Å². The third kappa shape index (κ3) is 3.46. The zero-order valence-corrected chi connectivity index (χ0v) is 8.16. The first-order chi connectivity index (χ1) is 5.49. The second kappa shape index (κ2) is 4.85. The van der Waals surface area contributed by atoms with Crippen molar-refractivity contribution in [2.24, 2.45) is 17.1 Å². The molecule has 0 unspecified atom stereocenters. The maximum absolute atomic E-state index is 11.3. The minimum absolute atomic E-state index is 0.0845. The summed E-state index contributed by atoms with van der Waals surface area (Å²) in [7, 11) is 0. The van der Waals surface area contributed by atoms with Crippen LogP contribution in [0.25, 0.3) is 0 Å². The number of hydrogen-bond acceptors (Lipinski definition) is 3. The van der Waals surface area contributed by atoms with E-state index in [1.807, 2.05) is 13.8 Å². The average molecular weight is 171 g/mol. The first-order valence-corrected chi connectivity index (χ1v) is 4.17. The highest BCUT2D eigenvalue weighted by Crippen LogP contribution is 2.05. The number of nitrogens with one attached hydrogen (secondary N) is 1. The van der Waals surface area contributed by atoms with Crippen LogP contribution in [0.3, 0.4) is 0 Å². The van der Waals surface area contributed by atoms with Crippen molar-refractivity contribution < 1.29 is 4.79 Å². The van der Waals surface area contributed by atoms with E-state index < -0.39 is 0 Å². The van der Waals surface area contributed by atoms with Gasteiger partial charge in [-0.25, -0.2) is 5.01 Å². The predicted octanol–water partition coefficient (Wildman–Crippen LogP) is 2.07. The molecule has 0 aromatic carbocycles. The first-order valence-electron chi connectivity index (χ1n) is 4.17. The highest BCUT2D eigenvalue weighted by atomic mass is 16.2. The number of rotatable bonds is 4. The van der Waals surface area contributed by atoms with Crippen molar-refractivity contribution in [2.45, 2.75) is 27.7 Å². The van der Waals surface area contributed by atoms with E-state index in [1.54, 1.807) is 13.8 Å². The molecule has 0 fully saturated rings. The Kier molecular flexibility index (Phi) is 4.47. The molecule has 0 aliphatic carbocycles. The monoisotopic (exact) mass is 171 g/mol. The van der Waals surface area contributed by atoms with Gasteiger partial charge in [0, 0.05) is 12.5 Å². The lowest BCUT2D eigenvalue weighted by Crippen LogP contribution is -2.32. The Morgan fingerprint density at radius 2 is 1.92 bits per heavy atom. The lowest BCUT2D eigenvalue weighted by Gasteiger charge is -2.18. The molecular formula is C8H17N3O. The second-order valence-corrected chi connectivity index (χ2v) is 3.57. The third-order valence-corrected chi connectivity index (χ3v) is 1.41. The van der Waals surface area contributed by atoms with Gasteiger partial charge in [-0.2, -0.15) is 5.53 Å². The molecule has 0 aliphatic rings. The van der Waals surface area contributed by atoms with Crippen LogP contribution in [0, 0.1) is 17.4 Å². The molecule has 0 radical (unpaired) electrons. The summed E-state index contributed by atoms with van der Waals surface area (Å²) in [5.74, 6) is 0.179. The minimum atomic E-state index is -0.0853. The largest absolute Gasteiger partial charge is 0.273 e. The molecule has 0 bridgehead atoms. The molecule has 12 heavy (non-hydrogen) atoms. The fourth-order valence-electron chi connectivity index (χ4n) is 0.824. The predicted molar refractivity (Wildman–Crippen MR) is 46.5 cm³/mol. The number of carbonyl (C=O) groups excluding carboxylic acids is 1. The van der Waals surface area contributed by atoms with E-state index in [1.165, 1.54) is 5.01 Å². The quantitative estimate of drug-likeness (QED) is 0.511. The maximum atomic E-state index is 11.3. The van der Waals surface area contributed by atoms with Crippen LogP contribution in [-0.2, 0) is 4.79 Å². The normalized spacial score (nSPS) is 10.5. The molecule has 1 N–H and O–H groups in total. The molecule has 70 valence electrons. The van der Waals surface area contributed by atoms with Gasteiger partial charge in [0.25, 0.3) is 0 Å². The average Bonchev–Trinajstić information content (AvgIpc) is 1.98. The van der Waals surface area contributed by atoms with Gasteiger partial charge in [0.15, 0.2) is 0 Å². The molecule has 0 aromatic heterocycles. The molecular weight excluding hydrogens is 154 g/mol. The molecule has 0 heterocycles. The lowest BCUT2D eigenvalue weighted by molar-refractivity contribution is -0.135. The Morgan fingerprint density at radius 1 is 1.42 bits per heavy atom. The van der Waals surface area contributed by atoms with Gasteiger partial charge in [-0.05, 0) is 5.92 Å².